The molecular weight excluding hydrogens is 907 g/mol. The number of aliphatic hydroxyl groups is 2. The molecule has 0 bridgehead atoms. The SMILES string of the molecule is N#C[C@@H]1CC(F)(F)CN1C(=O)CNC(=O)c1ccnc2ccc(-c3ccc(C(=O)NCCN4CCN(C(=O)CN5CCN(CC(=O)O)CCN(CC(=O)O)CCN(CC(O)O)CC5)CC4)nc3)cc12. The first-order valence-electron chi connectivity index (χ1n) is 22.6. The first-order valence-corrected chi connectivity index (χ1v) is 22.6. The summed E-state index contributed by atoms with van der Waals surface area (Å²) in [5, 5.41) is 53.4. The molecule has 0 radical (unpaired) electrons. The number of halogens is 2. The average molecular weight is 965 g/mol. The Morgan fingerprint density at radius 1 is 0.725 bits per heavy atom. The third kappa shape index (κ3) is 15.3. The van der Waals surface area contributed by atoms with Gasteiger partial charge in [-0.15, -0.1) is 0 Å². The number of nitriles is 1. The Labute approximate surface area is 396 Å². The molecule has 22 nitrogen and oxygen atoms in total. The summed E-state index contributed by atoms with van der Waals surface area (Å²) < 4.78 is 27.7. The number of amides is 4. The number of hydrogen-bond donors (Lipinski definition) is 6. The van der Waals surface area contributed by atoms with Crippen molar-refractivity contribution in [2.45, 2.75) is 24.7 Å². The summed E-state index contributed by atoms with van der Waals surface area (Å²) >= 11 is 0. The number of piperazine rings is 1. The van der Waals surface area contributed by atoms with Gasteiger partial charge in [0.15, 0.2) is 6.29 Å². The van der Waals surface area contributed by atoms with Crippen molar-refractivity contribution < 1.29 is 58.0 Å². The van der Waals surface area contributed by atoms with Crippen LogP contribution in [0.15, 0.2) is 48.8 Å². The number of hydrogen-bond acceptors (Lipinski definition) is 16. The Morgan fingerprint density at radius 2 is 1.32 bits per heavy atom. The van der Waals surface area contributed by atoms with Crippen molar-refractivity contribution in [2.24, 2.45) is 0 Å². The Hall–Kier alpha value is -6.33. The van der Waals surface area contributed by atoms with E-state index in [1.165, 1.54) is 18.5 Å². The van der Waals surface area contributed by atoms with Crippen molar-refractivity contribution in [3.63, 3.8) is 0 Å². The van der Waals surface area contributed by atoms with Crippen molar-refractivity contribution in [3.8, 4) is 17.2 Å². The van der Waals surface area contributed by atoms with Gasteiger partial charge in [-0.1, -0.05) is 12.1 Å². The van der Waals surface area contributed by atoms with Gasteiger partial charge in [-0.2, -0.15) is 5.26 Å². The largest absolute Gasteiger partial charge is 0.480 e. The number of aliphatic hydroxyl groups excluding tert-OH is 1. The zero-order chi connectivity index (χ0) is 49.7. The second kappa shape index (κ2) is 24.3. The fourth-order valence-corrected chi connectivity index (χ4v) is 8.55. The fourth-order valence-electron chi connectivity index (χ4n) is 8.55. The lowest BCUT2D eigenvalue weighted by atomic mass is 10.0. The normalized spacial score (nSPS) is 19.4. The number of β-amino-alcohol motifs (C(OH)–C–C–N with tert-alkyl or cyclic N) is 2. The number of carboxylic acid groups (broad SMARTS) is 2. The van der Waals surface area contributed by atoms with Crippen LogP contribution in [0.25, 0.3) is 22.0 Å². The number of aromatic nitrogens is 2. The second-order valence-electron chi connectivity index (χ2n) is 17.3. The highest BCUT2D eigenvalue weighted by molar-refractivity contribution is 6.07. The summed E-state index contributed by atoms with van der Waals surface area (Å²) in [5.74, 6) is -7.15. The highest BCUT2D eigenvalue weighted by Crippen LogP contribution is 2.32. The maximum Gasteiger partial charge on any atom is 0.317 e. The molecule has 2 aromatic heterocycles. The van der Waals surface area contributed by atoms with E-state index in [1.807, 2.05) is 4.90 Å². The van der Waals surface area contributed by atoms with E-state index in [2.05, 4.69) is 25.5 Å². The van der Waals surface area contributed by atoms with Crippen LogP contribution in [0.4, 0.5) is 8.78 Å². The van der Waals surface area contributed by atoms with E-state index < -0.39 is 61.5 Å². The molecule has 24 heteroatoms. The van der Waals surface area contributed by atoms with Crippen molar-refractivity contribution in [2.75, 3.05) is 131 Å². The molecule has 3 aliphatic rings. The Balaban J connectivity index is 0.965. The molecule has 69 heavy (non-hydrogen) atoms. The molecule has 1 atom stereocenters. The third-order valence-electron chi connectivity index (χ3n) is 12.3. The summed E-state index contributed by atoms with van der Waals surface area (Å²) in [6, 6.07) is 10.4. The van der Waals surface area contributed by atoms with Crippen LogP contribution >= 0.6 is 0 Å². The number of likely N-dealkylation sites (tertiary alicyclic amines) is 1. The zero-order valence-corrected chi connectivity index (χ0v) is 38.1. The maximum atomic E-state index is 13.9. The van der Waals surface area contributed by atoms with Crippen LogP contribution in [0.1, 0.15) is 27.3 Å². The van der Waals surface area contributed by atoms with Gasteiger partial charge < -0.3 is 40.9 Å². The van der Waals surface area contributed by atoms with Gasteiger partial charge in [0, 0.05) is 128 Å². The van der Waals surface area contributed by atoms with Crippen LogP contribution < -0.4 is 10.6 Å². The molecular formula is C45H58F2N12O10. The van der Waals surface area contributed by atoms with E-state index in [1.54, 1.807) is 56.0 Å². The lowest BCUT2D eigenvalue weighted by molar-refractivity contribution is -0.140. The number of aliphatic carboxylic acids is 2. The Morgan fingerprint density at radius 3 is 1.90 bits per heavy atom. The first-order chi connectivity index (χ1) is 33.0. The van der Waals surface area contributed by atoms with Gasteiger partial charge in [0.05, 0.1) is 49.9 Å². The van der Waals surface area contributed by atoms with E-state index in [0.29, 0.717) is 114 Å². The molecule has 3 aromatic rings. The van der Waals surface area contributed by atoms with Gasteiger partial charge in [-0.05, 0) is 29.8 Å². The molecule has 0 aliphatic carbocycles. The fraction of sp³-hybridized carbons (Fsp3) is 0.533. The summed E-state index contributed by atoms with van der Waals surface area (Å²) in [6.45, 7) is 3.64. The monoisotopic (exact) mass is 964 g/mol. The van der Waals surface area contributed by atoms with Crippen molar-refractivity contribution in [1.82, 2.24) is 54.9 Å². The van der Waals surface area contributed by atoms with Gasteiger partial charge >= 0.3 is 11.9 Å². The average Bonchev–Trinajstić information content (AvgIpc) is 3.65. The van der Waals surface area contributed by atoms with Crippen molar-refractivity contribution in [1.29, 1.82) is 5.26 Å². The van der Waals surface area contributed by atoms with Crippen molar-refractivity contribution >= 4 is 46.5 Å². The summed E-state index contributed by atoms with van der Waals surface area (Å²) in [5.41, 5.74) is 2.15. The van der Waals surface area contributed by atoms with Crippen LogP contribution in [0.3, 0.4) is 0 Å². The van der Waals surface area contributed by atoms with Crippen LogP contribution in [0.2, 0.25) is 0 Å². The van der Waals surface area contributed by atoms with E-state index in [4.69, 9.17) is 0 Å². The van der Waals surface area contributed by atoms with Crippen molar-refractivity contribution in [3.05, 3.63) is 60.0 Å². The number of nitrogens with zero attached hydrogens (tertiary/aromatic N) is 10. The number of nitrogens with one attached hydrogen (secondary N) is 2. The van der Waals surface area contributed by atoms with E-state index in [-0.39, 0.29) is 49.3 Å². The van der Waals surface area contributed by atoms with E-state index >= 15 is 0 Å². The Bertz CT molecular complexity index is 2350. The molecule has 3 fully saturated rings. The third-order valence-corrected chi connectivity index (χ3v) is 12.3. The van der Waals surface area contributed by atoms with Crippen LogP contribution in [-0.2, 0) is 19.2 Å². The maximum absolute atomic E-state index is 13.9. The predicted octanol–water partition coefficient (Wildman–Crippen LogP) is -1.64. The quantitative estimate of drug-likeness (QED) is 0.0879. The molecule has 0 unspecified atom stereocenters. The zero-order valence-electron chi connectivity index (χ0n) is 38.1. The number of rotatable bonds is 16. The molecule has 0 spiro atoms. The minimum Gasteiger partial charge on any atom is -0.480 e. The molecule has 3 aliphatic heterocycles. The van der Waals surface area contributed by atoms with Crippen LogP contribution in [0.5, 0.6) is 0 Å². The number of fused-ring (bicyclic) bond motifs is 1. The summed E-state index contributed by atoms with van der Waals surface area (Å²) in [6.07, 6.45) is 0.586. The standard InChI is InChI=1S/C45H58F2N12O10/c46-45(47)22-33(23-48)59(30-45)38(60)25-52-43(68)34-5-6-49-36-3-1-31(21-35(34)36)32-2-4-37(51-24-32)44(69)50-7-8-53-17-19-58(20-18-53)39(61)26-54-9-11-55(27-40(62)63)13-15-57(29-42(66)67)16-14-56(12-10-54)28-41(64)65/h1-6,21,24,33,40,62-63H,7-20,22,25-30H2,(H,50,69)(H,52,68)(H,64,65)(H,66,67)/t33-/m0/s1. The minimum absolute atomic E-state index is 0.0612. The number of carbonyl (C=O) groups excluding carboxylic acids is 4. The molecule has 5 heterocycles. The predicted molar refractivity (Wildman–Crippen MR) is 243 cm³/mol. The molecule has 372 valence electrons. The Kier molecular flexibility index (Phi) is 18.3. The highest BCUT2D eigenvalue weighted by atomic mass is 19.3. The molecule has 4 amide bonds. The lowest BCUT2D eigenvalue weighted by Crippen LogP contribution is -2.53. The first kappa shape index (κ1) is 52.0. The van der Waals surface area contributed by atoms with Crippen LogP contribution in [0, 0.1) is 11.3 Å². The molecule has 1 aromatic carbocycles. The molecule has 6 N–H and O–H groups in total. The summed E-state index contributed by atoms with van der Waals surface area (Å²) in [7, 11) is 0. The number of pyridine rings is 2. The van der Waals surface area contributed by atoms with Gasteiger partial charge in [-0.3, -0.25) is 63.2 Å². The topological polar surface area (TPSA) is 280 Å². The lowest BCUT2D eigenvalue weighted by Gasteiger charge is -2.37. The number of benzene rings is 1. The highest BCUT2D eigenvalue weighted by Gasteiger charge is 2.47. The molecule has 6 rings (SSSR count). The van der Waals surface area contributed by atoms with E-state index in [0.717, 1.165) is 4.90 Å². The number of carboxylic acids is 2. The molecule has 0 saturated carbocycles. The molecule has 3 saturated heterocycles. The van der Waals surface area contributed by atoms with Gasteiger partial charge in [0.2, 0.25) is 11.8 Å². The summed E-state index contributed by atoms with van der Waals surface area (Å²) in [4.78, 5) is 96.2. The number of alkyl halides is 2. The van der Waals surface area contributed by atoms with E-state index in [9.17, 15) is 63.2 Å². The minimum atomic E-state index is -3.18. The number of carbonyl (C=O) groups is 6. The second-order valence-corrected chi connectivity index (χ2v) is 17.3. The van der Waals surface area contributed by atoms with Gasteiger partial charge in [0.1, 0.15) is 11.7 Å². The smallest absolute Gasteiger partial charge is 0.317 e. The van der Waals surface area contributed by atoms with Crippen LogP contribution in [-0.4, -0.2) is 249 Å². The van der Waals surface area contributed by atoms with Gasteiger partial charge in [0.25, 0.3) is 17.7 Å². The van der Waals surface area contributed by atoms with Gasteiger partial charge in [-0.25, -0.2) is 8.78 Å².